The van der Waals surface area contributed by atoms with E-state index in [2.05, 4.69) is 20.6 Å². The average Bonchev–Trinajstić information content (AvgIpc) is 3.23. The van der Waals surface area contributed by atoms with E-state index in [1.807, 2.05) is 0 Å². The van der Waals surface area contributed by atoms with Crippen molar-refractivity contribution in [2.75, 3.05) is 10.6 Å². The van der Waals surface area contributed by atoms with Crippen molar-refractivity contribution in [2.45, 2.75) is 0 Å². The minimum Gasteiger partial charge on any atom is -0.320 e. The fraction of sp³-hybridized carbons (Fsp3) is 0. The first-order valence-corrected chi connectivity index (χ1v) is 8.00. The molecule has 3 aromatic rings. The number of aromatic nitrogens is 2. The summed E-state index contributed by atoms with van der Waals surface area (Å²) in [5, 5.41) is 9.77. The van der Waals surface area contributed by atoms with Gasteiger partial charge in [-0.2, -0.15) is 0 Å². The molecule has 110 valence electrons. The van der Waals surface area contributed by atoms with Crippen LogP contribution in [-0.2, 0) is 0 Å². The third kappa shape index (κ3) is 3.35. The van der Waals surface area contributed by atoms with E-state index in [0.29, 0.717) is 21.4 Å². The Morgan fingerprint density at radius 3 is 1.50 bits per heavy atom. The standard InChI is InChI=1S/C14H10N4O2S2/c19-11(13-15-5-7-21-13)17-9-1-2-10(4-3-9)18-12(20)14-16-6-8-22-14/h1-8H,(H,17,19)(H,18,20). The number of hydrogen-bond acceptors (Lipinski definition) is 6. The van der Waals surface area contributed by atoms with Crippen LogP contribution in [0.4, 0.5) is 11.4 Å². The number of nitrogens with one attached hydrogen (secondary N) is 2. The first kappa shape index (κ1) is 14.4. The normalized spacial score (nSPS) is 10.2. The van der Waals surface area contributed by atoms with E-state index in [9.17, 15) is 9.59 Å². The largest absolute Gasteiger partial charge is 0.320 e. The Morgan fingerprint density at radius 2 is 1.18 bits per heavy atom. The molecule has 3 rings (SSSR count). The van der Waals surface area contributed by atoms with Crippen LogP contribution in [0.25, 0.3) is 0 Å². The van der Waals surface area contributed by atoms with Crippen molar-refractivity contribution >= 4 is 45.9 Å². The molecular weight excluding hydrogens is 320 g/mol. The lowest BCUT2D eigenvalue weighted by atomic mass is 10.2. The summed E-state index contributed by atoms with van der Waals surface area (Å²) in [5.74, 6) is -0.510. The second-order valence-corrected chi connectivity index (χ2v) is 5.95. The van der Waals surface area contributed by atoms with E-state index in [0.717, 1.165) is 0 Å². The summed E-state index contributed by atoms with van der Waals surface area (Å²) in [6.07, 6.45) is 3.16. The van der Waals surface area contributed by atoms with E-state index in [4.69, 9.17) is 0 Å². The Hall–Kier alpha value is -2.58. The molecule has 1 aromatic carbocycles. The highest BCUT2D eigenvalue weighted by Crippen LogP contribution is 2.16. The van der Waals surface area contributed by atoms with Crippen LogP contribution in [0.5, 0.6) is 0 Å². The van der Waals surface area contributed by atoms with Crippen LogP contribution in [-0.4, -0.2) is 21.8 Å². The molecule has 0 aliphatic carbocycles. The van der Waals surface area contributed by atoms with Crippen LogP contribution < -0.4 is 10.6 Å². The molecule has 2 aromatic heterocycles. The van der Waals surface area contributed by atoms with Crippen molar-refractivity contribution in [2.24, 2.45) is 0 Å². The molecule has 0 atom stereocenters. The Morgan fingerprint density at radius 1 is 0.773 bits per heavy atom. The maximum absolute atomic E-state index is 11.9. The van der Waals surface area contributed by atoms with Gasteiger partial charge < -0.3 is 10.6 Å². The predicted molar refractivity (Wildman–Crippen MR) is 86.6 cm³/mol. The van der Waals surface area contributed by atoms with Crippen molar-refractivity contribution < 1.29 is 9.59 Å². The highest BCUT2D eigenvalue weighted by molar-refractivity contribution is 7.12. The first-order valence-electron chi connectivity index (χ1n) is 6.24. The molecule has 2 N–H and O–H groups in total. The van der Waals surface area contributed by atoms with Crippen LogP contribution in [0.15, 0.2) is 47.4 Å². The summed E-state index contributed by atoms with van der Waals surface area (Å²) in [4.78, 5) is 31.6. The topological polar surface area (TPSA) is 84.0 Å². The van der Waals surface area contributed by atoms with Gasteiger partial charge in [-0.1, -0.05) is 0 Å². The fourth-order valence-electron chi connectivity index (χ4n) is 1.68. The van der Waals surface area contributed by atoms with Gasteiger partial charge in [-0.3, -0.25) is 9.59 Å². The van der Waals surface area contributed by atoms with Gasteiger partial charge in [0.2, 0.25) is 0 Å². The van der Waals surface area contributed by atoms with E-state index in [-0.39, 0.29) is 11.8 Å². The number of rotatable bonds is 4. The maximum Gasteiger partial charge on any atom is 0.284 e. The lowest BCUT2D eigenvalue weighted by Crippen LogP contribution is -2.12. The van der Waals surface area contributed by atoms with Gasteiger partial charge in [0.1, 0.15) is 0 Å². The van der Waals surface area contributed by atoms with E-state index in [1.54, 1.807) is 47.4 Å². The summed E-state index contributed by atoms with van der Waals surface area (Å²) >= 11 is 2.55. The summed E-state index contributed by atoms with van der Waals surface area (Å²) in [6.45, 7) is 0. The molecule has 0 radical (unpaired) electrons. The van der Waals surface area contributed by atoms with Gasteiger partial charge in [-0.25, -0.2) is 9.97 Å². The van der Waals surface area contributed by atoms with Gasteiger partial charge in [0.15, 0.2) is 10.0 Å². The lowest BCUT2D eigenvalue weighted by Gasteiger charge is -2.06. The molecule has 2 heterocycles. The van der Waals surface area contributed by atoms with Crippen LogP contribution in [0.1, 0.15) is 19.6 Å². The zero-order valence-corrected chi connectivity index (χ0v) is 12.8. The second-order valence-electron chi connectivity index (χ2n) is 4.16. The molecule has 22 heavy (non-hydrogen) atoms. The van der Waals surface area contributed by atoms with Gasteiger partial charge in [0, 0.05) is 34.5 Å². The van der Waals surface area contributed by atoms with Crippen molar-refractivity contribution in [3.63, 3.8) is 0 Å². The zero-order valence-electron chi connectivity index (χ0n) is 11.1. The quantitative estimate of drug-likeness (QED) is 0.770. The third-order valence-electron chi connectivity index (χ3n) is 2.65. The van der Waals surface area contributed by atoms with Crippen molar-refractivity contribution in [1.29, 1.82) is 0 Å². The number of amides is 2. The molecule has 0 spiro atoms. The van der Waals surface area contributed by atoms with Crippen LogP contribution in [0.2, 0.25) is 0 Å². The van der Waals surface area contributed by atoms with Crippen LogP contribution >= 0.6 is 22.7 Å². The number of anilines is 2. The maximum atomic E-state index is 11.9. The average molecular weight is 330 g/mol. The number of carbonyl (C=O) groups is 2. The molecule has 8 heteroatoms. The highest BCUT2D eigenvalue weighted by atomic mass is 32.1. The zero-order chi connectivity index (χ0) is 15.4. The molecular formula is C14H10N4O2S2. The minimum absolute atomic E-state index is 0.255. The molecule has 0 bridgehead atoms. The summed E-state index contributed by atoms with van der Waals surface area (Å²) in [6, 6.07) is 6.85. The Kier molecular flexibility index (Phi) is 4.22. The minimum atomic E-state index is -0.255. The van der Waals surface area contributed by atoms with E-state index >= 15 is 0 Å². The molecule has 0 aliphatic heterocycles. The monoisotopic (exact) mass is 330 g/mol. The predicted octanol–water partition coefficient (Wildman–Crippen LogP) is 3.10. The number of nitrogens with zero attached hydrogens (tertiary/aromatic N) is 2. The van der Waals surface area contributed by atoms with Gasteiger partial charge in [0.25, 0.3) is 11.8 Å². The summed E-state index contributed by atoms with van der Waals surface area (Å²) < 4.78 is 0. The first-order chi connectivity index (χ1) is 10.7. The van der Waals surface area contributed by atoms with Crippen molar-refractivity contribution in [3.8, 4) is 0 Å². The molecule has 0 saturated carbocycles. The van der Waals surface area contributed by atoms with E-state index < -0.39 is 0 Å². The molecule has 0 saturated heterocycles. The Balaban J connectivity index is 1.63. The number of carbonyl (C=O) groups excluding carboxylic acids is 2. The molecule has 2 amide bonds. The lowest BCUT2D eigenvalue weighted by molar-refractivity contribution is 0.101. The molecule has 0 fully saturated rings. The van der Waals surface area contributed by atoms with Gasteiger partial charge >= 0.3 is 0 Å². The SMILES string of the molecule is O=C(Nc1ccc(NC(=O)c2nccs2)cc1)c1nccs1. The highest BCUT2D eigenvalue weighted by Gasteiger charge is 2.10. The van der Waals surface area contributed by atoms with Crippen LogP contribution in [0, 0.1) is 0 Å². The summed E-state index contributed by atoms with van der Waals surface area (Å²) in [7, 11) is 0. The second kappa shape index (κ2) is 6.46. The number of thiazole rings is 2. The fourth-order valence-corrected chi connectivity index (χ4v) is 2.74. The van der Waals surface area contributed by atoms with Gasteiger partial charge in [-0.05, 0) is 24.3 Å². The van der Waals surface area contributed by atoms with Crippen molar-refractivity contribution in [3.05, 3.63) is 57.4 Å². The third-order valence-corrected chi connectivity index (χ3v) is 4.20. The molecule has 6 nitrogen and oxygen atoms in total. The van der Waals surface area contributed by atoms with Gasteiger partial charge in [0.05, 0.1) is 0 Å². The van der Waals surface area contributed by atoms with Crippen molar-refractivity contribution in [1.82, 2.24) is 9.97 Å². The number of hydrogen-bond donors (Lipinski definition) is 2. The Bertz CT molecular complexity index is 701. The summed E-state index contributed by atoms with van der Waals surface area (Å²) in [5.41, 5.74) is 1.26. The molecule has 0 aliphatic rings. The molecule has 0 unspecified atom stereocenters. The van der Waals surface area contributed by atoms with E-state index in [1.165, 1.54) is 22.7 Å². The van der Waals surface area contributed by atoms with Crippen LogP contribution in [0.3, 0.4) is 0 Å². The Labute approximate surface area is 133 Å². The smallest absolute Gasteiger partial charge is 0.284 e. The number of benzene rings is 1. The van der Waals surface area contributed by atoms with Gasteiger partial charge in [-0.15, -0.1) is 22.7 Å².